The minimum atomic E-state index is -0.794. The molecule has 0 aromatic carbocycles. The molecule has 0 aromatic rings. The maximum absolute atomic E-state index is 11.4. The van der Waals surface area contributed by atoms with Gasteiger partial charge in [0.05, 0.1) is 12.7 Å². The molecule has 0 aromatic heterocycles. The average molecular weight is 655 g/mol. The van der Waals surface area contributed by atoms with Crippen molar-refractivity contribution in [1.82, 2.24) is 0 Å². The van der Waals surface area contributed by atoms with Gasteiger partial charge in [-0.3, -0.25) is 0 Å². The number of hydrogen-bond donors (Lipinski definition) is 1. The third-order valence-corrected chi connectivity index (χ3v) is 10.3. The number of hydrogen-bond acceptors (Lipinski definition) is 6. The van der Waals surface area contributed by atoms with Gasteiger partial charge in [-0.05, 0) is 25.7 Å². The summed E-state index contributed by atoms with van der Waals surface area (Å²) in [6.45, 7) is 6.20. The second kappa shape index (κ2) is 29.7. The van der Waals surface area contributed by atoms with Crippen molar-refractivity contribution >= 4 is 0 Å². The van der Waals surface area contributed by atoms with Crippen LogP contribution in [-0.2, 0) is 23.7 Å². The number of aliphatic hydroxyl groups excluding tert-OH is 1. The maximum atomic E-state index is 11.4. The van der Waals surface area contributed by atoms with Crippen LogP contribution in [0.2, 0.25) is 0 Å². The first kappa shape index (κ1) is 41.9. The largest absolute Gasteiger partial charge is 0.387 e. The lowest BCUT2D eigenvalue weighted by atomic mass is 9.98. The lowest BCUT2D eigenvalue weighted by Crippen LogP contribution is -2.61. The number of rotatable bonds is 32. The zero-order valence-corrected chi connectivity index (χ0v) is 30.9. The zero-order chi connectivity index (χ0) is 32.9. The van der Waals surface area contributed by atoms with Crippen molar-refractivity contribution < 1.29 is 28.8 Å². The third-order valence-electron chi connectivity index (χ3n) is 10.3. The molecule has 0 spiro atoms. The predicted octanol–water partition coefficient (Wildman–Crippen LogP) is 10.9. The summed E-state index contributed by atoms with van der Waals surface area (Å²) in [5, 5.41) is 11.4. The summed E-state index contributed by atoms with van der Waals surface area (Å²) >= 11 is 0. The Balaban J connectivity index is 1.68. The van der Waals surface area contributed by atoms with Gasteiger partial charge in [-0.2, -0.15) is 0 Å². The van der Waals surface area contributed by atoms with Crippen molar-refractivity contribution in [2.24, 2.45) is 0 Å². The van der Waals surface area contributed by atoms with Gasteiger partial charge in [-0.25, -0.2) is 0 Å². The molecule has 6 nitrogen and oxygen atoms in total. The van der Waals surface area contributed by atoms with E-state index in [-0.39, 0.29) is 6.10 Å². The van der Waals surface area contributed by atoms with Gasteiger partial charge in [0.1, 0.15) is 24.4 Å². The SMILES string of the molecule is CCCCCCCCCCCCCCO[C@H]1[C@@H](OC)O[C@H](COC2CCCC2)[C@@H](O)[C@@H]1OCCCCCCCCCCCCCC. The Morgan fingerprint density at radius 1 is 0.522 bits per heavy atom. The Hall–Kier alpha value is -0.240. The lowest BCUT2D eigenvalue weighted by molar-refractivity contribution is -0.313. The Labute approximate surface area is 285 Å². The first-order chi connectivity index (χ1) is 22.7. The fraction of sp³-hybridized carbons (Fsp3) is 1.00. The molecule has 1 aliphatic carbocycles. The summed E-state index contributed by atoms with van der Waals surface area (Å²) in [4.78, 5) is 0. The van der Waals surface area contributed by atoms with Gasteiger partial charge in [0, 0.05) is 20.3 Å². The molecular formula is C40H78O6. The van der Waals surface area contributed by atoms with Gasteiger partial charge in [-0.1, -0.05) is 168 Å². The topological polar surface area (TPSA) is 66.4 Å². The molecule has 1 N–H and O–H groups in total. The summed E-state index contributed by atoms with van der Waals surface area (Å²) in [5.41, 5.74) is 0. The Bertz CT molecular complexity index is 641. The summed E-state index contributed by atoms with van der Waals surface area (Å²) < 4.78 is 30.9. The molecule has 6 heteroatoms. The molecule has 2 rings (SSSR count). The molecule has 1 aliphatic heterocycles. The highest BCUT2D eigenvalue weighted by Gasteiger charge is 2.47. The summed E-state index contributed by atoms with van der Waals surface area (Å²) in [6, 6.07) is 0. The minimum absolute atomic E-state index is 0.275. The molecule has 0 unspecified atom stereocenters. The molecule has 1 saturated carbocycles. The van der Waals surface area contributed by atoms with Gasteiger partial charge in [-0.15, -0.1) is 0 Å². The molecule has 5 atom stereocenters. The van der Waals surface area contributed by atoms with Crippen LogP contribution in [0.4, 0.5) is 0 Å². The van der Waals surface area contributed by atoms with Gasteiger partial charge in [0.15, 0.2) is 6.29 Å². The molecule has 0 bridgehead atoms. The zero-order valence-electron chi connectivity index (χ0n) is 30.9. The van der Waals surface area contributed by atoms with Crippen molar-refractivity contribution in [3.05, 3.63) is 0 Å². The minimum Gasteiger partial charge on any atom is -0.387 e. The molecule has 1 saturated heterocycles. The van der Waals surface area contributed by atoms with Crippen molar-refractivity contribution in [3.63, 3.8) is 0 Å². The van der Waals surface area contributed by atoms with Crippen LogP contribution in [0.25, 0.3) is 0 Å². The van der Waals surface area contributed by atoms with Crippen molar-refractivity contribution in [2.75, 3.05) is 26.9 Å². The molecule has 274 valence electrons. The van der Waals surface area contributed by atoms with Crippen LogP contribution < -0.4 is 0 Å². The second-order valence-corrected chi connectivity index (χ2v) is 14.5. The summed E-state index contributed by atoms with van der Waals surface area (Å²) in [5.74, 6) is 0. The van der Waals surface area contributed by atoms with Crippen molar-refractivity contribution in [3.8, 4) is 0 Å². The van der Waals surface area contributed by atoms with Gasteiger partial charge < -0.3 is 28.8 Å². The second-order valence-electron chi connectivity index (χ2n) is 14.5. The monoisotopic (exact) mass is 655 g/mol. The van der Waals surface area contributed by atoms with E-state index < -0.39 is 30.7 Å². The van der Waals surface area contributed by atoms with E-state index in [1.54, 1.807) is 7.11 Å². The van der Waals surface area contributed by atoms with Crippen LogP contribution in [0.3, 0.4) is 0 Å². The van der Waals surface area contributed by atoms with Gasteiger partial charge >= 0.3 is 0 Å². The summed E-state index contributed by atoms with van der Waals surface area (Å²) in [7, 11) is 1.67. The fourth-order valence-electron chi connectivity index (χ4n) is 7.20. The van der Waals surface area contributed by atoms with Crippen LogP contribution >= 0.6 is 0 Å². The highest BCUT2D eigenvalue weighted by molar-refractivity contribution is 4.92. The Morgan fingerprint density at radius 2 is 0.913 bits per heavy atom. The van der Waals surface area contributed by atoms with Crippen LogP contribution in [0.5, 0.6) is 0 Å². The van der Waals surface area contributed by atoms with Gasteiger partial charge in [0.2, 0.25) is 0 Å². The third kappa shape index (κ3) is 19.7. The lowest BCUT2D eigenvalue weighted by Gasteiger charge is -2.44. The molecule has 2 fully saturated rings. The molecular weight excluding hydrogens is 576 g/mol. The summed E-state index contributed by atoms with van der Waals surface area (Å²) in [6.07, 6.45) is 33.8. The Kier molecular flexibility index (Phi) is 27.0. The maximum Gasteiger partial charge on any atom is 0.186 e. The molecule has 46 heavy (non-hydrogen) atoms. The van der Waals surface area contributed by atoms with Crippen molar-refractivity contribution in [2.45, 2.75) is 230 Å². The number of unbranched alkanes of at least 4 members (excludes halogenated alkanes) is 22. The fourth-order valence-corrected chi connectivity index (χ4v) is 7.20. The van der Waals surface area contributed by atoms with E-state index in [1.807, 2.05) is 0 Å². The quantitative estimate of drug-likeness (QED) is 0.0728. The van der Waals surface area contributed by atoms with E-state index in [0.29, 0.717) is 19.8 Å². The highest BCUT2D eigenvalue weighted by atomic mass is 16.7. The van der Waals surface area contributed by atoms with E-state index in [9.17, 15) is 5.11 Å². The van der Waals surface area contributed by atoms with E-state index in [0.717, 1.165) is 25.7 Å². The van der Waals surface area contributed by atoms with E-state index >= 15 is 0 Å². The van der Waals surface area contributed by atoms with E-state index in [1.165, 1.54) is 154 Å². The molecule has 1 heterocycles. The molecule has 0 amide bonds. The average Bonchev–Trinajstić information content (AvgIpc) is 3.59. The molecule has 0 radical (unpaired) electrons. The predicted molar refractivity (Wildman–Crippen MR) is 192 cm³/mol. The smallest absolute Gasteiger partial charge is 0.186 e. The highest BCUT2D eigenvalue weighted by Crippen LogP contribution is 2.29. The van der Waals surface area contributed by atoms with Crippen LogP contribution in [0, 0.1) is 0 Å². The van der Waals surface area contributed by atoms with Crippen LogP contribution in [-0.4, -0.2) is 68.8 Å². The normalized spacial score (nSPS) is 23.9. The number of aliphatic hydroxyl groups is 1. The van der Waals surface area contributed by atoms with Crippen LogP contribution in [0.1, 0.15) is 194 Å². The first-order valence-electron chi connectivity index (χ1n) is 20.4. The van der Waals surface area contributed by atoms with Crippen molar-refractivity contribution in [1.29, 1.82) is 0 Å². The number of ether oxygens (including phenoxy) is 5. The number of methoxy groups -OCH3 is 1. The van der Waals surface area contributed by atoms with E-state index in [4.69, 9.17) is 23.7 Å². The van der Waals surface area contributed by atoms with E-state index in [2.05, 4.69) is 13.8 Å². The standard InChI is InChI=1S/C40H78O6/c1-4-6-8-10-12-14-16-18-20-22-24-28-32-43-38-37(41)36(34-45-35-30-26-27-31-35)46-40(42-3)39(38)44-33-29-25-23-21-19-17-15-13-11-9-7-5-2/h35-41H,4-34H2,1-3H3/t36-,37-,38+,39-,40+/m1/s1. The molecule has 2 aliphatic rings. The van der Waals surface area contributed by atoms with Gasteiger partial charge in [0.25, 0.3) is 0 Å². The Morgan fingerprint density at radius 3 is 1.33 bits per heavy atom. The van der Waals surface area contributed by atoms with Crippen LogP contribution in [0.15, 0.2) is 0 Å². The first-order valence-corrected chi connectivity index (χ1v) is 20.4.